The Bertz CT molecular complexity index is 292. The highest BCUT2D eigenvalue weighted by atomic mass is 16.1. The molecule has 1 rings (SSSR count). The van der Waals surface area contributed by atoms with E-state index in [9.17, 15) is 4.79 Å². The Kier molecular flexibility index (Phi) is 3.08. The van der Waals surface area contributed by atoms with Crippen LogP contribution >= 0.6 is 0 Å². The van der Waals surface area contributed by atoms with E-state index in [4.69, 9.17) is 0 Å². The van der Waals surface area contributed by atoms with Crippen LogP contribution < -0.4 is 5.32 Å². The zero-order chi connectivity index (χ0) is 8.81. The Hall–Kier alpha value is -1.57. The van der Waals surface area contributed by atoms with Crippen LogP contribution in [0.3, 0.4) is 0 Å². The van der Waals surface area contributed by atoms with Gasteiger partial charge in [-0.25, -0.2) is 0 Å². The van der Waals surface area contributed by atoms with Crippen LogP contribution in [0, 0.1) is 6.92 Å². The molecule has 0 amide bonds. The van der Waals surface area contributed by atoms with E-state index in [1.165, 1.54) is 6.08 Å². The van der Waals surface area contributed by atoms with Gasteiger partial charge in [-0.1, -0.05) is 18.2 Å². The molecule has 0 heterocycles. The van der Waals surface area contributed by atoms with Crippen LogP contribution in [-0.2, 0) is 4.79 Å². The first-order chi connectivity index (χ1) is 5.84. The molecular weight excluding hydrogens is 150 g/mol. The molecule has 1 aromatic rings. The van der Waals surface area contributed by atoms with E-state index in [0.717, 1.165) is 17.5 Å². The monoisotopic (exact) mass is 161 g/mol. The fourth-order valence-corrected chi connectivity index (χ4v) is 0.912. The Morgan fingerprint density at radius 2 is 2.08 bits per heavy atom. The van der Waals surface area contributed by atoms with E-state index < -0.39 is 0 Å². The third-order valence-electron chi connectivity index (χ3n) is 1.56. The summed E-state index contributed by atoms with van der Waals surface area (Å²) in [4.78, 5) is 9.95. The van der Waals surface area contributed by atoms with Crippen LogP contribution in [-0.4, -0.2) is 6.29 Å². The summed E-state index contributed by atoms with van der Waals surface area (Å²) in [5, 5.41) is 3.00. The summed E-state index contributed by atoms with van der Waals surface area (Å²) in [6.45, 7) is 2.01. The molecule has 2 heteroatoms. The summed E-state index contributed by atoms with van der Waals surface area (Å²) in [5.41, 5.74) is 2.18. The van der Waals surface area contributed by atoms with Crippen molar-refractivity contribution in [1.29, 1.82) is 0 Å². The van der Waals surface area contributed by atoms with Crippen LogP contribution in [0.4, 0.5) is 5.69 Å². The smallest absolute Gasteiger partial charge is 0.144 e. The second-order valence-electron chi connectivity index (χ2n) is 2.45. The van der Waals surface area contributed by atoms with Gasteiger partial charge in [-0.2, -0.15) is 0 Å². The molecule has 0 bridgehead atoms. The Morgan fingerprint density at radius 1 is 1.33 bits per heavy atom. The van der Waals surface area contributed by atoms with Crippen molar-refractivity contribution in [1.82, 2.24) is 0 Å². The largest absolute Gasteiger partial charge is 0.361 e. The first kappa shape index (κ1) is 8.53. The number of nitrogens with one attached hydrogen (secondary N) is 1. The molecule has 0 saturated carbocycles. The van der Waals surface area contributed by atoms with Crippen molar-refractivity contribution < 1.29 is 4.79 Å². The van der Waals surface area contributed by atoms with Gasteiger partial charge in [-0.15, -0.1) is 0 Å². The van der Waals surface area contributed by atoms with E-state index >= 15 is 0 Å². The number of carbonyl (C=O) groups excluding carboxylic acids is 1. The molecule has 0 aliphatic carbocycles. The average molecular weight is 161 g/mol. The lowest BCUT2D eigenvalue weighted by atomic mass is 10.2. The molecule has 12 heavy (non-hydrogen) atoms. The Labute approximate surface area is 71.9 Å². The van der Waals surface area contributed by atoms with Gasteiger partial charge in [-0.05, 0) is 24.6 Å². The molecule has 0 radical (unpaired) electrons. The lowest BCUT2D eigenvalue weighted by molar-refractivity contribution is -0.104. The molecule has 0 fully saturated rings. The highest BCUT2D eigenvalue weighted by Crippen LogP contribution is 2.12. The summed E-state index contributed by atoms with van der Waals surface area (Å²) in [7, 11) is 0. The maximum atomic E-state index is 9.95. The summed E-state index contributed by atoms with van der Waals surface area (Å²) < 4.78 is 0. The van der Waals surface area contributed by atoms with E-state index in [-0.39, 0.29) is 0 Å². The first-order valence-electron chi connectivity index (χ1n) is 3.77. The van der Waals surface area contributed by atoms with Crippen LogP contribution in [0.5, 0.6) is 0 Å². The second-order valence-corrected chi connectivity index (χ2v) is 2.45. The normalized spacial score (nSPS) is 10.1. The van der Waals surface area contributed by atoms with Gasteiger partial charge in [-0.3, -0.25) is 4.79 Å². The van der Waals surface area contributed by atoms with Crippen LogP contribution in [0.25, 0.3) is 0 Å². The SMILES string of the molecule is Cc1ccccc1N/C=C/C=O. The highest BCUT2D eigenvalue weighted by molar-refractivity contribution is 5.66. The van der Waals surface area contributed by atoms with Crippen molar-refractivity contribution in [3.63, 3.8) is 0 Å². The van der Waals surface area contributed by atoms with E-state index in [1.54, 1.807) is 6.20 Å². The number of anilines is 1. The molecular formula is C10H11NO. The number of carbonyl (C=O) groups is 1. The molecule has 2 nitrogen and oxygen atoms in total. The molecule has 0 saturated heterocycles. The number of para-hydroxylation sites is 1. The molecule has 0 aliphatic rings. The first-order valence-corrected chi connectivity index (χ1v) is 3.77. The number of hydrogen-bond donors (Lipinski definition) is 1. The number of rotatable bonds is 3. The summed E-state index contributed by atoms with van der Waals surface area (Å²) >= 11 is 0. The Balaban J connectivity index is 2.69. The van der Waals surface area contributed by atoms with E-state index in [0.29, 0.717) is 0 Å². The van der Waals surface area contributed by atoms with Crippen molar-refractivity contribution >= 4 is 12.0 Å². The number of aryl methyl sites for hydroxylation is 1. The molecule has 1 N–H and O–H groups in total. The summed E-state index contributed by atoms with van der Waals surface area (Å²) in [6, 6.07) is 7.90. The fourth-order valence-electron chi connectivity index (χ4n) is 0.912. The minimum atomic E-state index is 0.741. The minimum Gasteiger partial charge on any atom is -0.361 e. The fraction of sp³-hybridized carbons (Fsp3) is 0.100. The maximum absolute atomic E-state index is 9.95. The zero-order valence-corrected chi connectivity index (χ0v) is 6.95. The lowest BCUT2D eigenvalue weighted by Crippen LogP contribution is -1.89. The number of hydrogen-bond acceptors (Lipinski definition) is 2. The number of allylic oxidation sites excluding steroid dienone is 1. The van der Waals surface area contributed by atoms with Gasteiger partial charge in [0.05, 0.1) is 0 Å². The van der Waals surface area contributed by atoms with Crippen molar-refractivity contribution in [3.05, 3.63) is 42.1 Å². The van der Waals surface area contributed by atoms with Crippen molar-refractivity contribution in [3.8, 4) is 0 Å². The van der Waals surface area contributed by atoms with Crippen LogP contribution in [0.15, 0.2) is 36.5 Å². The van der Waals surface area contributed by atoms with Gasteiger partial charge < -0.3 is 5.32 Å². The second kappa shape index (κ2) is 4.34. The number of aldehydes is 1. The third kappa shape index (κ3) is 2.23. The van der Waals surface area contributed by atoms with Crippen molar-refractivity contribution in [2.24, 2.45) is 0 Å². The standard InChI is InChI=1S/C10H11NO/c1-9-5-2-3-6-10(9)11-7-4-8-12/h2-8,11H,1H3/b7-4+. The lowest BCUT2D eigenvalue weighted by Gasteiger charge is -2.02. The predicted molar refractivity (Wildman–Crippen MR) is 50.0 cm³/mol. The van der Waals surface area contributed by atoms with Crippen LogP contribution in [0.1, 0.15) is 5.56 Å². The van der Waals surface area contributed by atoms with Gasteiger partial charge in [0, 0.05) is 11.9 Å². The van der Waals surface area contributed by atoms with Crippen molar-refractivity contribution in [2.75, 3.05) is 5.32 Å². The highest BCUT2D eigenvalue weighted by Gasteiger charge is 1.90. The van der Waals surface area contributed by atoms with E-state index in [2.05, 4.69) is 5.32 Å². The molecule has 0 aromatic heterocycles. The average Bonchev–Trinajstić information content (AvgIpc) is 2.09. The topological polar surface area (TPSA) is 29.1 Å². The van der Waals surface area contributed by atoms with Crippen molar-refractivity contribution in [2.45, 2.75) is 6.92 Å². The van der Waals surface area contributed by atoms with Gasteiger partial charge in [0.25, 0.3) is 0 Å². The zero-order valence-electron chi connectivity index (χ0n) is 6.95. The maximum Gasteiger partial charge on any atom is 0.144 e. The van der Waals surface area contributed by atoms with Gasteiger partial charge in [0.1, 0.15) is 6.29 Å². The minimum absolute atomic E-state index is 0.741. The van der Waals surface area contributed by atoms with Gasteiger partial charge >= 0.3 is 0 Å². The molecule has 1 aromatic carbocycles. The predicted octanol–water partition coefficient (Wildman–Crippen LogP) is 2.12. The molecule has 0 atom stereocenters. The quantitative estimate of drug-likeness (QED) is 0.543. The van der Waals surface area contributed by atoms with Gasteiger partial charge in [0.2, 0.25) is 0 Å². The molecule has 0 unspecified atom stereocenters. The molecule has 0 spiro atoms. The third-order valence-corrected chi connectivity index (χ3v) is 1.56. The van der Waals surface area contributed by atoms with E-state index in [1.807, 2.05) is 31.2 Å². The van der Waals surface area contributed by atoms with Crippen LogP contribution in [0.2, 0.25) is 0 Å². The number of benzene rings is 1. The molecule has 62 valence electrons. The Morgan fingerprint density at radius 3 is 2.75 bits per heavy atom. The molecule has 0 aliphatic heterocycles. The summed E-state index contributed by atoms with van der Waals surface area (Å²) in [6.07, 6.45) is 3.78. The summed E-state index contributed by atoms with van der Waals surface area (Å²) in [5.74, 6) is 0. The van der Waals surface area contributed by atoms with Gasteiger partial charge in [0.15, 0.2) is 0 Å².